The highest BCUT2D eigenvalue weighted by Crippen LogP contribution is 2.12. The molecule has 0 aromatic heterocycles. The number of ether oxygens (including phenoxy) is 1. The molecule has 0 fully saturated rings. The maximum atomic E-state index is 12.2. The fourth-order valence-electron chi connectivity index (χ4n) is 1.55. The van der Waals surface area contributed by atoms with Crippen molar-refractivity contribution in [2.45, 2.75) is 26.4 Å². The molecule has 0 aliphatic rings. The zero-order valence-corrected chi connectivity index (χ0v) is 12.4. The summed E-state index contributed by atoms with van der Waals surface area (Å²) in [7, 11) is 1.61. The average molecular weight is 275 g/mol. The van der Waals surface area contributed by atoms with Gasteiger partial charge < -0.3 is 15.2 Å². The zero-order valence-electron chi connectivity index (χ0n) is 12.4. The van der Waals surface area contributed by atoms with Crippen molar-refractivity contribution < 1.29 is 14.6 Å². The van der Waals surface area contributed by atoms with E-state index in [1.807, 2.05) is 26.8 Å². The standard InChI is InChI=1S/C16H21NO3/c1-12-7-8-13(6-5-9-18)14(10-12)15(19)17-11-16(2,3)20-4/h7-8,10,18H,9,11H2,1-4H3,(H,17,19). The second-order valence-corrected chi connectivity index (χ2v) is 5.16. The predicted molar refractivity (Wildman–Crippen MR) is 78.6 cm³/mol. The van der Waals surface area contributed by atoms with Crippen LogP contribution in [0.3, 0.4) is 0 Å². The molecule has 0 unspecified atom stereocenters. The first-order valence-electron chi connectivity index (χ1n) is 6.43. The number of benzene rings is 1. The lowest BCUT2D eigenvalue weighted by atomic mass is 10.0. The van der Waals surface area contributed by atoms with Gasteiger partial charge in [0.25, 0.3) is 5.91 Å². The number of carbonyl (C=O) groups excluding carboxylic acids is 1. The third kappa shape index (κ3) is 4.69. The molecule has 1 aromatic carbocycles. The lowest BCUT2D eigenvalue weighted by molar-refractivity contribution is 0.0228. The number of nitrogens with one attached hydrogen (secondary N) is 1. The number of methoxy groups -OCH3 is 1. The maximum Gasteiger partial charge on any atom is 0.252 e. The summed E-state index contributed by atoms with van der Waals surface area (Å²) in [5.41, 5.74) is 1.68. The Kier molecular flexibility index (Phi) is 5.75. The molecule has 0 saturated heterocycles. The minimum absolute atomic E-state index is 0.193. The maximum absolute atomic E-state index is 12.2. The molecule has 0 bridgehead atoms. The summed E-state index contributed by atoms with van der Waals surface area (Å²) in [6, 6.07) is 5.46. The van der Waals surface area contributed by atoms with E-state index in [9.17, 15) is 4.79 Å². The van der Waals surface area contributed by atoms with Crippen LogP contribution >= 0.6 is 0 Å². The van der Waals surface area contributed by atoms with Crippen LogP contribution in [0.15, 0.2) is 18.2 Å². The molecule has 0 atom stereocenters. The molecule has 1 aromatic rings. The summed E-state index contributed by atoms with van der Waals surface area (Å²) in [5.74, 6) is 5.16. The van der Waals surface area contributed by atoms with Gasteiger partial charge in [0.1, 0.15) is 6.61 Å². The van der Waals surface area contributed by atoms with Gasteiger partial charge in [-0.3, -0.25) is 4.79 Å². The Bertz CT molecular complexity index is 538. The van der Waals surface area contributed by atoms with Gasteiger partial charge in [-0.15, -0.1) is 0 Å². The minimum Gasteiger partial charge on any atom is -0.384 e. The summed E-state index contributed by atoms with van der Waals surface area (Å²) in [6.07, 6.45) is 0. The van der Waals surface area contributed by atoms with Crippen LogP contribution in [-0.2, 0) is 4.74 Å². The van der Waals surface area contributed by atoms with Crippen molar-refractivity contribution in [3.63, 3.8) is 0 Å². The van der Waals surface area contributed by atoms with Crippen molar-refractivity contribution in [3.8, 4) is 11.8 Å². The second kappa shape index (κ2) is 7.09. The van der Waals surface area contributed by atoms with E-state index >= 15 is 0 Å². The van der Waals surface area contributed by atoms with Crippen LogP contribution in [0.25, 0.3) is 0 Å². The molecule has 0 aliphatic heterocycles. The van der Waals surface area contributed by atoms with Gasteiger partial charge in [0.15, 0.2) is 0 Å². The fraction of sp³-hybridized carbons (Fsp3) is 0.438. The highest BCUT2D eigenvalue weighted by Gasteiger charge is 2.19. The van der Waals surface area contributed by atoms with Crippen molar-refractivity contribution in [3.05, 3.63) is 34.9 Å². The molecular weight excluding hydrogens is 254 g/mol. The van der Waals surface area contributed by atoms with E-state index in [-0.39, 0.29) is 12.5 Å². The van der Waals surface area contributed by atoms with Crippen molar-refractivity contribution in [1.82, 2.24) is 5.32 Å². The average Bonchev–Trinajstić information content (AvgIpc) is 2.43. The first-order valence-corrected chi connectivity index (χ1v) is 6.43. The molecule has 0 aliphatic carbocycles. The van der Waals surface area contributed by atoms with E-state index in [0.717, 1.165) is 5.56 Å². The summed E-state index contributed by atoms with van der Waals surface area (Å²) >= 11 is 0. The molecule has 0 radical (unpaired) electrons. The molecular formula is C16H21NO3. The van der Waals surface area contributed by atoms with Gasteiger partial charge in [-0.25, -0.2) is 0 Å². The van der Waals surface area contributed by atoms with Crippen LogP contribution in [0.4, 0.5) is 0 Å². The molecule has 0 heterocycles. The molecule has 20 heavy (non-hydrogen) atoms. The van der Waals surface area contributed by atoms with Crippen molar-refractivity contribution in [1.29, 1.82) is 0 Å². The van der Waals surface area contributed by atoms with E-state index in [1.54, 1.807) is 19.2 Å². The van der Waals surface area contributed by atoms with Crippen molar-refractivity contribution >= 4 is 5.91 Å². The first kappa shape index (κ1) is 16.2. The van der Waals surface area contributed by atoms with Gasteiger partial charge in [-0.1, -0.05) is 23.5 Å². The van der Waals surface area contributed by atoms with Crippen LogP contribution in [-0.4, -0.2) is 36.9 Å². The Morgan fingerprint density at radius 1 is 1.45 bits per heavy atom. The number of aliphatic hydroxyl groups excluding tert-OH is 1. The quantitative estimate of drug-likeness (QED) is 0.819. The number of rotatable bonds is 4. The third-order valence-corrected chi connectivity index (χ3v) is 2.95. The zero-order chi connectivity index (χ0) is 15.2. The second-order valence-electron chi connectivity index (χ2n) is 5.16. The number of aryl methyl sites for hydroxylation is 1. The first-order chi connectivity index (χ1) is 9.39. The monoisotopic (exact) mass is 275 g/mol. The van der Waals surface area contributed by atoms with E-state index in [1.165, 1.54) is 0 Å². The highest BCUT2D eigenvalue weighted by molar-refractivity contribution is 5.97. The smallest absolute Gasteiger partial charge is 0.252 e. The largest absolute Gasteiger partial charge is 0.384 e. The molecule has 0 spiro atoms. The fourth-order valence-corrected chi connectivity index (χ4v) is 1.55. The number of carbonyl (C=O) groups is 1. The van der Waals surface area contributed by atoms with Crippen LogP contribution < -0.4 is 5.32 Å². The van der Waals surface area contributed by atoms with Gasteiger partial charge in [0.05, 0.1) is 11.2 Å². The minimum atomic E-state index is -0.420. The molecule has 4 nitrogen and oxygen atoms in total. The Balaban J connectivity index is 2.94. The normalized spacial score (nSPS) is 10.7. The Labute approximate surface area is 120 Å². The predicted octanol–water partition coefficient (Wildman–Crippen LogP) is 1.49. The van der Waals surface area contributed by atoms with Crippen LogP contribution in [0.2, 0.25) is 0 Å². The Morgan fingerprint density at radius 3 is 2.75 bits per heavy atom. The van der Waals surface area contributed by atoms with E-state index in [0.29, 0.717) is 17.7 Å². The third-order valence-electron chi connectivity index (χ3n) is 2.95. The van der Waals surface area contributed by atoms with E-state index < -0.39 is 5.60 Å². The van der Waals surface area contributed by atoms with Gasteiger partial charge in [-0.2, -0.15) is 0 Å². The number of amides is 1. The van der Waals surface area contributed by atoms with Crippen molar-refractivity contribution in [2.24, 2.45) is 0 Å². The van der Waals surface area contributed by atoms with Gasteiger partial charge in [0, 0.05) is 19.2 Å². The Morgan fingerprint density at radius 2 is 2.15 bits per heavy atom. The van der Waals surface area contributed by atoms with E-state index in [2.05, 4.69) is 17.2 Å². The molecule has 1 rings (SSSR count). The summed E-state index contributed by atoms with van der Waals surface area (Å²) in [5, 5.41) is 11.6. The van der Waals surface area contributed by atoms with E-state index in [4.69, 9.17) is 9.84 Å². The number of aliphatic hydroxyl groups is 1. The van der Waals surface area contributed by atoms with Gasteiger partial charge in [-0.05, 0) is 32.9 Å². The van der Waals surface area contributed by atoms with Gasteiger partial charge in [0.2, 0.25) is 0 Å². The van der Waals surface area contributed by atoms with Crippen molar-refractivity contribution in [2.75, 3.05) is 20.3 Å². The van der Waals surface area contributed by atoms with Crippen LogP contribution in [0, 0.1) is 18.8 Å². The molecule has 4 heteroatoms. The number of hydrogen-bond donors (Lipinski definition) is 2. The molecule has 108 valence electrons. The highest BCUT2D eigenvalue weighted by atomic mass is 16.5. The number of hydrogen-bond acceptors (Lipinski definition) is 3. The van der Waals surface area contributed by atoms with Crippen LogP contribution in [0.5, 0.6) is 0 Å². The Hall–Kier alpha value is -1.83. The molecule has 0 saturated carbocycles. The summed E-state index contributed by atoms with van der Waals surface area (Å²) in [4.78, 5) is 12.2. The molecule has 2 N–H and O–H groups in total. The van der Waals surface area contributed by atoms with Gasteiger partial charge >= 0.3 is 0 Å². The lowest BCUT2D eigenvalue weighted by Crippen LogP contribution is -2.39. The lowest BCUT2D eigenvalue weighted by Gasteiger charge is -2.23. The van der Waals surface area contributed by atoms with Crippen LogP contribution in [0.1, 0.15) is 35.3 Å². The molecule has 1 amide bonds. The summed E-state index contributed by atoms with van der Waals surface area (Å²) in [6.45, 7) is 5.89. The summed E-state index contributed by atoms with van der Waals surface area (Å²) < 4.78 is 5.27. The SMILES string of the molecule is COC(C)(C)CNC(=O)c1cc(C)ccc1C#CCO. The topological polar surface area (TPSA) is 58.6 Å².